The van der Waals surface area contributed by atoms with Crippen LogP contribution in [0.1, 0.15) is 42.5 Å². The maximum atomic E-state index is 4.85. The second-order valence-electron chi connectivity index (χ2n) is 5.62. The van der Waals surface area contributed by atoms with Crippen molar-refractivity contribution >= 4 is 0 Å². The fourth-order valence-corrected chi connectivity index (χ4v) is 2.70. The first-order chi connectivity index (χ1) is 9.16. The van der Waals surface area contributed by atoms with E-state index in [9.17, 15) is 0 Å². The molecule has 0 radical (unpaired) electrons. The van der Waals surface area contributed by atoms with Crippen LogP contribution in [0.15, 0.2) is 24.3 Å². The molecule has 2 aromatic rings. The van der Waals surface area contributed by atoms with E-state index in [1.54, 1.807) is 0 Å². The van der Waals surface area contributed by atoms with Crippen LogP contribution >= 0.6 is 0 Å². The Balaban J connectivity index is 2.17. The first-order valence-corrected chi connectivity index (χ1v) is 7.05. The van der Waals surface area contributed by atoms with E-state index in [1.165, 1.54) is 28.5 Å². The zero-order chi connectivity index (χ0) is 13.4. The van der Waals surface area contributed by atoms with Gasteiger partial charge in [0.2, 0.25) is 0 Å². The highest BCUT2D eigenvalue weighted by Crippen LogP contribution is 2.26. The predicted molar refractivity (Wildman–Crippen MR) is 77.8 cm³/mol. The molecule has 1 aliphatic rings. The van der Waals surface area contributed by atoms with Crippen LogP contribution in [-0.2, 0) is 13.0 Å². The molecule has 1 aliphatic heterocycles. The number of nitrogens with one attached hydrogen (secondary N) is 1. The zero-order valence-electron chi connectivity index (χ0n) is 11.9. The molecule has 2 heterocycles. The van der Waals surface area contributed by atoms with Crippen LogP contribution in [0.4, 0.5) is 0 Å². The van der Waals surface area contributed by atoms with Gasteiger partial charge in [0.25, 0.3) is 0 Å². The fourth-order valence-electron chi connectivity index (χ4n) is 2.70. The molecule has 1 N–H and O–H groups in total. The number of imidazole rings is 1. The third kappa shape index (κ3) is 2.19. The lowest BCUT2D eigenvalue weighted by molar-refractivity contribution is 0.619. The van der Waals surface area contributed by atoms with E-state index in [-0.39, 0.29) is 0 Å². The normalized spacial score (nSPS) is 14.7. The second kappa shape index (κ2) is 4.82. The Kier molecular flexibility index (Phi) is 3.15. The Hall–Kier alpha value is -1.61. The summed E-state index contributed by atoms with van der Waals surface area (Å²) in [6.45, 7) is 8.49. The van der Waals surface area contributed by atoms with Crippen molar-refractivity contribution in [3.8, 4) is 5.69 Å². The Morgan fingerprint density at radius 2 is 1.95 bits per heavy atom. The molecular weight excluding hydrogens is 234 g/mol. The van der Waals surface area contributed by atoms with E-state index in [2.05, 4.69) is 54.9 Å². The number of hydrogen-bond donors (Lipinski definition) is 1. The fraction of sp³-hybridized carbons (Fsp3) is 0.438. The molecule has 0 spiro atoms. The third-order valence-corrected chi connectivity index (χ3v) is 3.72. The van der Waals surface area contributed by atoms with Gasteiger partial charge in [-0.2, -0.15) is 0 Å². The molecule has 3 rings (SSSR count). The van der Waals surface area contributed by atoms with E-state index in [4.69, 9.17) is 4.98 Å². The van der Waals surface area contributed by atoms with Crippen LogP contribution in [0, 0.1) is 6.92 Å². The van der Waals surface area contributed by atoms with Crippen LogP contribution in [0.25, 0.3) is 5.69 Å². The van der Waals surface area contributed by atoms with Gasteiger partial charge in [0.15, 0.2) is 0 Å². The van der Waals surface area contributed by atoms with E-state index in [1.807, 2.05) is 0 Å². The standard InChI is InChI=1S/C16H21N3/c1-11(2)16-18-14-10-17-9-8-15(14)19(16)13-6-4-12(3)5-7-13/h4-7,11,17H,8-10H2,1-3H3. The Morgan fingerprint density at radius 3 is 2.63 bits per heavy atom. The van der Waals surface area contributed by atoms with Gasteiger partial charge in [-0.1, -0.05) is 31.5 Å². The molecule has 100 valence electrons. The number of fused-ring (bicyclic) bond motifs is 1. The number of nitrogens with zero attached hydrogens (tertiary/aromatic N) is 2. The van der Waals surface area contributed by atoms with E-state index in [0.29, 0.717) is 5.92 Å². The number of aromatic nitrogens is 2. The molecule has 1 aromatic carbocycles. The third-order valence-electron chi connectivity index (χ3n) is 3.72. The lowest BCUT2D eigenvalue weighted by Gasteiger charge is -2.17. The summed E-state index contributed by atoms with van der Waals surface area (Å²) in [5.41, 5.74) is 5.14. The molecule has 0 saturated heterocycles. The van der Waals surface area contributed by atoms with Crippen molar-refractivity contribution in [1.29, 1.82) is 0 Å². The summed E-state index contributed by atoms with van der Waals surface area (Å²) in [7, 11) is 0. The number of hydrogen-bond acceptors (Lipinski definition) is 2. The summed E-state index contributed by atoms with van der Waals surface area (Å²) >= 11 is 0. The molecular formula is C16H21N3. The van der Waals surface area contributed by atoms with Gasteiger partial charge in [0.05, 0.1) is 5.69 Å². The van der Waals surface area contributed by atoms with Crippen LogP contribution in [0.3, 0.4) is 0 Å². The first kappa shape index (κ1) is 12.4. The second-order valence-corrected chi connectivity index (χ2v) is 5.62. The quantitative estimate of drug-likeness (QED) is 0.894. The van der Waals surface area contributed by atoms with E-state index >= 15 is 0 Å². The maximum Gasteiger partial charge on any atom is 0.116 e. The van der Waals surface area contributed by atoms with Crippen LogP contribution in [0.5, 0.6) is 0 Å². The lowest BCUT2D eigenvalue weighted by atomic mass is 10.1. The lowest BCUT2D eigenvalue weighted by Crippen LogP contribution is -2.24. The van der Waals surface area contributed by atoms with Gasteiger partial charge in [-0.3, -0.25) is 0 Å². The van der Waals surface area contributed by atoms with Crippen LogP contribution in [-0.4, -0.2) is 16.1 Å². The van der Waals surface area contributed by atoms with Crippen molar-refractivity contribution in [3.63, 3.8) is 0 Å². The summed E-state index contributed by atoms with van der Waals surface area (Å²) in [4.78, 5) is 4.85. The highest BCUT2D eigenvalue weighted by molar-refractivity contribution is 5.40. The first-order valence-electron chi connectivity index (χ1n) is 7.05. The topological polar surface area (TPSA) is 29.9 Å². The Bertz CT molecular complexity index is 579. The van der Waals surface area contributed by atoms with Gasteiger partial charge in [-0.15, -0.1) is 0 Å². The molecule has 0 bridgehead atoms. The summed E-state index contributed by atoms with van der Waals surface area (Å²) in [5, 5.41) is 3.41. The van der Waals surface area contributed by atoms with Gasteiger partial charge in [-0.05, 0) is 19.1 Å². The van der Waals surface area contributed by atoms with Crippen LogP contribution in [0.2, 0.25) is 0 Å². The summed E-state index contributed by atoms with van der Waals surface area (Å²) in [6, 6.07) is 8.75. The minimum atomic E-state index is 0.437. The average Bonchev–Trinajstić information content (AvgIpc) is 2.79. The highest BCUT2D eigenvalue weighted by Gasteiger charge is 2.21. The monoisotopic (exact) mass is 255 g/mol. The Morgan fingerprint density at radius 1 is 1.21 bits per heavy atom. The predicted octanol–water partition coefficient (Wildman–Crippen LogP) is 2.95. The van der Waals surface area contributed by atoms with Gasteiger partial charge >= 0.3 is 0 Å². The smallest absolute Gasteiger partial charge is 0.116 e. The molecule has 0 saturated carbocycles. The van der Waals surface area contributed by atoms with Crippen LogP contribution < -0.4 is 5.32 Å². The van der Waals surface area contributed by atoms with E-state index in [0.717, 1.165) is 19.5 Å². The van der Waals surface area contributed by atoms with Crippen molar-refractivity contribution in [2.45, 2.75) is 39.7 Å². The molecule has 0 aliphatic carbocycles. The molecule has 0 atom stereocenters. The van der Waals surface area contributed by atoms with Crippen molar-refractivity contribution in [3.05, 3.63) is 47.0 Å². The van der Waals surface area contributed by atoms with Gasteiger partial charge in [0.1, 0.15) is 5.82 Å². The van der Waals surface area contributed by atoms with Gasteiger partial charge in [-0.25, -0.2) is 4.98 Å². The Labute approximate surface area is 114 Å². The number of aryl methyl sites for hydroxylation is 1. The number of benzene rings is 1. The molecule has 3 nitrogen and oxygen atoms in total. The molecule has 0 unspecified atom stereocenters. The molecule has 0 fully saturated rings. The van der Waals surface area contributed by atoms with Crippen molar-refractivity contribution in [1.82, 2.24) is 14.9 Å². The highest BCUT2D eigenvalue weighted by atomic mass is 15.1. The number of rotatable bonds is 2. The molecule has 3 heteroatoms. The van der Waals surface area contributed by atoms with E-state index < -0.39 is 0 Å². The summed E-state index contributed by atoms with van der Waals surface area (Å²) in [6.07, 6.45) is 1.06. The SMILES string of the molecule is Cc1ccc(-n2c(C(C)C)nc3c2CCNC3)cc1. The molecule has 1 aromatic heterocycles. The summed E-state index contributed by atoms with van der Waals surface area (Å²) < 4.78 is 2.36. The molecule has 19 heavy (non-hydrogen) atoms. The molecule has 0 amide bonds. The zero-order valence-corrected chi connectivity index (χ0v) is 11.9. The summed E-state index contributed by atoms with van der Waals surface area (Å²) in [5.74, 6) is 1.62. The van der Waals surface area contributed by atoms with Gasteiger partial charge < -0.3 is 9.88 Å². The van der Waals surface area contributed by atoms with Crippen molar-refractivity contribution in [2.75, 3.05) is 6.54 Å². The van der Waals surface area contributed by atoms with Gasteiger partial charge in [0, 0.05) is 36.8 Å². The van der Waals surface area contributed by atoms with Crippen molar-refractivity contribution in [2.24, 2.45) is 0 Å². The maximum absolute atomic E-state index is 4.85. The van der Waals surface area contributed by atoms with Crippen molar-refractivity contribution < 1.29 is 0 Å². The average molecular weight is 255 g/mol. The minimum Gasteiger partial charge on any atom is -0.311 e. The largest absolute Gasteiger partial charge is 0.311 e. The minimum absolute atomic E-state index is 0.437.